The summed E-state index contributed by atoms with van der Waals surface area (Å²) in [7, 11) is 0. The molecular weight excluding hydrogens is 292 g/mol. The van der Waals surface area contributed by atoms with Gasteiger partial charge in [-0.1, -0.05) is 18.5 Å². The SMILES string of the molecule is CCOCCN1CCN(Cc2ccc(Cl)s2)CC1CC. The van der Waals surface area contributed by atoms with E-state index in [1.807, 2.05) is 6.07 Å². The lowest BCUT2D eigenvalue weighted by molar-refractivity contribution is 0.0389. The predicted octanol–water partition coefficient (Wildman–Crippen LogP) is 3.33. The highest BCUT2D eigenvalue weighted by atomic mass is 35.5. The van der Waals surface area contributed by atoms with Crippen molar-refractivity contribution in [3.8, 4) is 0 Å². The second-order valence-electron chi connectivity index (χ2n) is 5.24. The fourth-order valence-corrected chi connectivity index (χ4v) is 3.90. The predicted molar refractivity (Wildman–Crippen MR) is 86.8 cm³/mol. The monoisotopic (exact) mass is 316 g/mol. The van der Waals surface area contributed by atoms with Crippen LogP contribution in [0, 0.1) is 0 Å². The minimum absolute atomic E-state index is 0.652. The second kappa shape index (κ2) is 8.35. The van der Waals surface area contributed by atoms with Gasteiger partial charge < -0.3 is 4.74 Å². The average Bonchev–Trinajstić information content (AvgIpc) is 2.85. The molecule has 0 saturated carbocycles. The van der Waals surface area contributed by atoms with Gasteiger partial charge in [-0.15, -0.1) is 11.3 Å². The summed E-state index contributed by atoms with van der Waals surface area (Å²) in [4.78, 5) is 6.49. The first kappa shape index (κ1) is 16.2. The van der Waals surface area contributed by atoms with Gasteiger partial charge in [0, 0.05) is 50.2 Å². The molecule has 3 nitrogen and oxygen atoms in total. The quantitative estimate of drug-likeness (QED) is 0.718. The third-order valence-electron chi connectivity index (χ3n) is 3.90. The summed E-state index contributed by atoms with van der Waals surface area (Å²) in [5.74, 6) is 0. The highest BCUT2D eigenvalue weighted by molar-refractivity contribution is 7.16. The van der Waals surface area contributed by atoms with Gasteiger partial charge in [0.05, 0.1) is 10.9 Å². The van der Waals surface area contributed by atoms with E-state index in [4.69, 9.17) is 16.3 Å². The molecule has 0 aromatic carbocycles. The molecular formula is C15H25ClN2OS. The van der Waals surface area contributed by atoms with Crippen LogP contribution in [-0.2, 0) is 11.3 Å². The molecule has 2 rings (SSSR count). The Morgan fingerprint density at radius 2 is 2.20 bits per heavy atom. The van der Waals surface area contributed by atoms with Crippen LogP contribution in [0.15, 0.2) is 12.1 Å². The molecule has 1 unspecified atom stereocenters. The molecule has 1 fully saturated rings. The molecule has 0 aliphatic carbocycles. The Kier molecular flexibility index (Phi) is 6.78. The maximum absolute atomic E-state index is 6.01. The van der Waals surface area contributed by atoms with E-state index < -0.39 is 0 Å². The van der Waals surface area contributed by atoms with Gasteiger partial charge in [-0.3, -0.25) is 9.80 Å². The molecule has 1 aliphatic rings. The fraction of sp³-hybridized carbons (Fsp3) is 0.733. The fourth-order valence-electron chi connectivity index (χ4n) is 2.77. The minimum Gasteiger partial charge on any atom is -0.380 e. The van der Waals surface area contributed by atoms with Crippen molar-refractivity contribution in [3.63, 3.8) is 0 Å². The summed E-state index contributed by atoms with van der Waals surface area (Å²) >= 11 is 7.70. The van der Waals surface area contributed by atoms with Crippen molar-refractivity contribution in [3.05, 3.63) is 21.3 Å². The largest absolute Gasteiger partial charge is 0.380 e. The van der Waals surface area contributed by atoms with E-state index in [0.29, 0.717) is 6.04 Å². The van der Waals surface area contributed by atoms with Crippen molar-refractivity contribution >= 4 is 22.9 Å². The molecule has 0 spiro atoms. The summed E-state index contributed by atoms with van der Waals surface area (Å²) in [6, 6.07) is 4.80. The van der Waals surface area contributed by atoms with E-state index >= 15 is 0 Å². The van der Waals surface area contributed by atoms with Gasteiger partial charge >= 0.3 is 0 Å². The van der Waals surface area contributed by atoms with Gasteiger partial charge in [-0.25, -0.2) is 0 Å². The molecule has 5 heteroatoms. The van der Waals surface area contributed by atoms with Crippen LogP contribution in [0.1, 0.15) is 25.1 Å². The first-order valence-corrected chi connectivity index (χ1v) is 8.70. The Hall–Kier alpha value is -0.130. The van der Waals surface area contributed by atoms with Crippen LogP contribution in [0.25, 0.3) is 0 Å². The van der Waals surface area contributed by atoms with Crippen LogP contribution in [0.3, 0.4) is 0 Å². The van der Waals surface area contributed by atoms with Crippen molar-refractivity contribution in [1.82, 2.24) is 9.80 Å². The summed E-state index contributed by atoms with van der Waals surface area (Å²) < 4.78 is 6.38. The number of hydrogen-bond acceptors (Lipinski definition) is 4. The zero-order valence-electron chi connectivity index (χ0n) is 12.5. The van der Waals surface area contributed by atoms with E-state index in [1.54, 1.807) is 11.3 Å². The first-order valence-electron chi connectivity index (χ1n) is 7.51. The Morgan fingerprint density at radius 3 is 2.85 bits per heavy atom. The molecule has 0 bridgehead atoms. The number of halogens is 1. The van der Waals surface area contributed by atoms with E-state index in [9.17, 15) is 0 Å². The van der Waals surface area contributed by atoms with Gasteiger partial charge in [0.15, 0.2) is 0 Å². The highest BCUT2D eigenvalue weighted by Gasteiger charge is 2.25. The maximum Gasteiger partial charge on any atom is 0.0931 e. The number of rotatable bonds is 7. The lowest BCUT2D eigenvalue weighted by Gasteiger charge is -2.41. The Morgan fingerprint density at radius 1 is 1.35 bits per heavy atom. The smallest absolute Gasteiger partial charge is 0.0931 e. The number of thiophene rings is 1. The van der Waals surface area contributed by atoms with E-state index in [-0.39, 0.29) is 0 Å². The van der Waals surface area contributed by atoms with Crippen LogP contribution in [-0.4, -0.2) is 55.2 Å². The lowest BCUT2D eigenvalue weighted by Crippen LogP contribution is -2.53. The van der Waals surface area contributed by atoms with Crippen molar-refractivity contribution in [1.29, 1.82) is 0 Å². The summed E-state index contributed by atoms with van der Waals surface area (Å²) in [6.07, 6.45) is 1.20. The number of hydrogen-bond donors (Lipinski definition) is 0. The van der Waals surface area contributed by atoms with E-state index in [2.05, 4.69) is 29.7 Å². The first-order chi connectivity index (χ1) is 9.72. The van der Waals surface area contributed by atoms with Gasteiger partial charge in [-0.05, 0) is 25.5 Å². The van der Waals surface area contributed by atoms with Gasteiger partial charge in [0.25, 0.3) is 0 Å². The van der Waals surface area contributed by atoms with Gasteiger partial charge in [0.1, 0.15) is 0 Å². The number of nitrogens with zero attached hydrogens (tertiary/aromatic N) is 2. The zero-order chi connectivity index (χ0) is 14.4. The average molecular weight is 317 g/mol. The van der Waals surface area contributed by atoms with Crippen LogP contribution in [0.4, 0.5) is 0 Å². The van der Waals surface area contributed by atoms with Crippen molar-refractivity contribution in [2.45, 2.75) is 32.9 Å². The molecule has 0 amide bonds. The molecule has 0 N–H and O–H groups in total. The summed E-state index contributed by atoms with van der Waals surface area (Å²) in [5, 5.41) is 0. The Balaban J connectivity index is 1.81. The molecule has 114 valence electrons. The Bertz CT molecular complexity index is 399. The van der Waals surface area contributed by atoms with Crippen molar-refractivity contribution < 1.29 is 4.74 Å². The van der Waals surface area contributed by atoms with Crippen molar-refractivity contribution in [2.75, 3.05) is 39.4 Å². The van der Waals surface area contributed by atoms with E-state index in [0.717, 1.165) is 50.3 Å². The molecule has 1 saturated heterocycles. The zero-order valence-corrected chi connectivity index (χ0v) is 14.1. The van der Waals surface area contributed by atoms with Crippen molar-refractivity contribution in [2.24, 2.45) is 0 Å². The third-order valence-corrected chi connectivity index (χ3v) is 5.11. The molecule has 2 heterocycles. The van der Waals surface area contributed by atoms with Gasteiger partial charge in [0.2, 0.25) is 0 Å². The minimum atomic E-state index is 0.652. The lowest BCUT2D eigenvalue weighted by atomic mass is 10.1. The number of piperazine rings is 1. The Labute approximate surface area is 131 Å². The highest BCUT2D eigenvalue weighted by Crippen LogP contribution is 2.24. The topological polar surface area (TPSA) is 15.7 Å². The standard InChI is InChI=1S/C15H25ClN2OS/c1-3-13-11-17(12-14-5-6-15(16)20-14)7-8-18(13)9-10-19-4-2/h5-6,13H,3-4,7-12H2,1-2H3. The molecule has 1 atom stereocenters. The summed E-state index contributed by atoms with van der Waals surface area (Å²) in [6.45, 7) is 11.5. The van der Waals surface area contributed by atoms with Crippen LogP contribution < -0.4 is 0 Å². The third kappa shape index (κ3) is 4.71. The molecule has 1 aliphatic heterocycles. The maximum atomic E-state index is 6.01. The van der Waals surface area contributed by atoms with E-state index in [1.165, 1.54) is 11.3 Å². The molecule has 0 radical (unpaired) electrons. The second-order valence-corrected chi connectivity index (χ2v) is 7.04. The van der Waals surface area contributed by atoms with Crippen LogP contribution in [0.2, 0.25) is 4.34 Å². The molecule has 20 heavy (non-hydrogen) atoms. The molecule has 1 aromatic heterocycles. The van der Waals surface area contributed by atoms with Gasteiger partial charge in [-0.2, -0.15) is 0 Å². The number of ether oxygens (including phenoxy) is 1. The van der Waals surface area contributed by atoms with Crippen LogP contribution in [0.5, 0.6) is 0 Å². The normalized spacial score (nSPS) is 21.4. The van der Waals surface area contributed by atoms with Crippen LogP contribution >= 0.6 is 22.9 Å². The molecule has 1 aromatic rings. The summed E-state index contributed by atoms with van der Waals surface area (Å²) in [5.41, 5.74) is 0.